The number of ether oxygens (including phenoxy) is 1. The first-order chi connectivity index (χ1) is 10.5. The topological polar surface area (TPSA) is 61.2 Å². The zero-order valence-corrected chi connectivity index (χ0v) is 13.2. The third-order valence-corrected chi connectivity index (χ3v) is 5.06. The van der Waals surface area contributed by atoms with Crippen molar-refractivity contribution in [2.45, 2.75) is 18.7 Å². The van der Waals surface area contributed by atoms with E-state index in [1.807, 2.05) is 25.1 Å². The van der Waals surface area contributed by atoms with Gasteiger partial charge >= 0.3 is 0 Å². The minimum absolute atomic E-state index is 0.240. The lowest BCUT2D eigenvalue weighted by Crippen LogP contribution is -2.11. The lowest BCUT2D eigenvalue weighted by molar-refractivity contribution is 0.344. The Hall–Kier alpha value is -2.34. The monoisotopic (exact) mass is 316 g/mol. The Morgan fingerprint density at radius 1 is 1.14 bits per heavy atom. The lowest BCUT2D eigenvalue weighted by atomic mass is 10.1. The summed E-state index contributed by atoms with van der Waals surface area (Å²) in [6, 6.07) is 10.6. The van der Waals surface area contributed by atoms with Crippen LogP contribution in [0.15, 0.2) is 53.8 Å². The fourth-order valence-electron chi connectivity index (χ4n) is 2.39. The molecule has 0 fully saturated rings. The zero-order chi connectivity index (χ0) is 15.7. The third kappa shape index (κ3) is 2.35. The van der Waals surface area contributed by atoms with Crippen LogP contribution < -0.4 is 4.74 Å². The van der Waals surface area contributed by atoms with Gasteiger partial charge in [-0.3, -0.25) is 0 Å². The average molecular weight is 316 g/mol. The van der Waals surface area contributed by atoms with E-state index in [2.05, 4.69) is 4.98 Å². The highest BCUT2D eigenvalue weighted by atomic mass is 32.2. The molecular weight excluding hydrogens is 300 g/mol. The first-order valence-electron chi connectivity index (χ1n) is 6.94. The van der Waals surface area contributed by atoms with Crippen molar-refractivity contribution in [2.75, 3.05) is 6.61 Å². The normalized spacial score (nSPS) is 11.7. The highest BCUT2D eigenvalue weighted by molar-refractivity contribution is 7.90. The molecule has 0 radical (unpaired) electrons. The van der Waals surface area contributed by atoms with Gasteiger partial charge in [0.25, 0.3) is 10.0 Å². The van der Waals surface area contributed by atoms with Crippen LogP contribution in [0, 0.1) is 6.92 Å². The number of fused-ring (bicyclic) bond motifs is 1. The SMILES string of the molecule is CCOc1ccc(S(=O)(=O)n2cnc(C)c2)c2ccccc12. The summed E-state index contributed by atoms with van der Waals surface area (Å²) >= 11 is 0. The molecule has 22 heavy (non-hydrogen) atoms. The number of nitrogens with zero attached hydrogens (tertiary/aromatic N) is 2. The van der Waals surface area contributed by atoms with Crippen molar-refractivity contribution in [1.29, 1.82) is 0 Å². The Kier molecular flexibility index (Phi) is 3.62. The highest BCUT2D eigenvalue weighted by Gasteiger charge is 2.21. The van der Waals surface area contributed by atoms with Gasteiger partial charge in [0.05, 0.1) is 17.2 Å². The van der Waals surface area contributed by atoms with Gasteiger partial charge in [-0.2, -0.15) is 0 Å². The first kappa shape index (κ1) is 14.6. The molecule has 1 aromatic heterocycles. The fraction of sp³-hybridized carbons (Fsp3) is 0.188. The second-order valence-electron chi connectivity index (χ2n) is 4.89. The van der Waals surface area contributed by atoms with Crippen molar-refractivity contribution in [3.8, 4) is 5.75 Å². The van der Waals surface area contributed by atoms with E-state index >= 15 is 0 Å². The number of aromatic nitrogens is 2. The number of rotatable bonds is 4. The average Bonchev–Trinajstić information content (AvgIpc) is 2.95. The molecular formula is C16H16N2O3S. The summed E-state index contributed by atoms with van der Waals surface area (Å²) in [7, 11) is -3.68. The van der Waals surface area contributed by atoms with Gasteiger partial charge in [-0.15, -0.1) is 0 Å². The van der Waals surface area contributed by atoms with Crippen LogP contribution in [0.1, 0.15) is 12.6 Å². The zero-order valence-electron chi connectivity index (χ0n) is 12.4. The smallest absolute Gasteiger partial charge is 0.269 e. The summed E-state index contributed by atoms with van der Waals surface area (Å²) in [5.74, 6) is 0.680. The number of aryl methyl sites for hydroxylation is 1. The van der Waals surface area contributed by atoms with Gasteiger partial charge < -0.3 is 4.74 Å². The molecule has 0 aliphatic rings. The predicted molar refractivity (Wildman–Crippen MR) is 84.7 cm³/mol. The van der Waals surface area contributed by atoms with Crippen LogP contribution in [0.2, 0.25) is 0 Å². The Balaban J connectivity index is 2.26. The molecule has 2 aromatic carbocycles. The van der Waals surface area contributed by atoms with Crippen LogP contribution in [0.4, 0.5) is 0 Å². The van der Waals surface area contributed by atoms with Gasteiger partial charge in [0.1, 0.15) is 12.1 Å². The van der Waals surface area contributed by atoms with E-state index in [-0.39, 0.29) is 4.90 Å². The van der Waals surface area contributed by atoms with Crippen molar-refractivity contribution >= 4 is 20.8 Å². The van der Waals surface area contributed by atoms with E-state index in [0.717, 1.165) is 9.36 Å². The number of hydrogen-bond donors (Lipinski definition) is 0. The van der Waals surface area contributed by atoms with E-state index in [1.165, 1.54) is 12.5 Å². The summed E-state index contributed by atoms with van der Waals surface area (Å²) in [4.78, 5) is 4.23. The minimum Gasteiger partial charge on any atom is -0.493 e. The second-order valence-corrected chi connectivity index (χ2v) is 6.70. The van der Waals surface area contributed by atoms with Crippen LogP contribution in [-0.2, 0) is 10.0 Å². The van der Waals surface area contributed by atoms with Gasteiger partial charge in [-0.1, -0.05) is 24.3 Å². The summed E-state index contributed by atoms with van der Waals surface area (Å²) in [6.07, 6.45) is 2.82. The van der Waals surface area contributed by atoms with E-state index in [0.29, 0.717) is 23.4 Å². The maximum atomic E-state index is 12.8. The van der Waals surface area contributed by atoms with Gasteiger partial charge in [0.15, 0.2) is 0 Å². The summed E-state index contributed by atoms with van der Waals surface area (Å²) in [5, 5.41) is 1.42. The molecule has 0 aliphatic carbocycles. The van der Waals surface area contributed by atoms with Gasteiger partial charge in [-0.25, -0.2) is 17.4 Å². The maximum Gasteiger partial charge on any atom is 0.269 e. The van der Waals surface area contributed by atoms with Crippen LogP contribution >= 0.6 is 0 Å². The maximum absolute atomic E-state index is 12.8. The van der Waals surface area contributed by atoms with Crippen molar-refractivity contribution in [3.63, 3.8) is 0 Å². The Bertz CT molecular complexity index is 929. The van der Waals surface area contributed by atoms with E-state index in [1.54, 1.807) is 25.1 Å². The van der Waals surface area contributed by atoms with Crippen molar-refractivity contribution < 1.29 is 13.2 Å². The van der Waals surface area contributed by atoms with E-state index < -0.39 is 10.0 Å². The predicted octanol–water partition coefficient (Wildman–Crippen LogP) is 2.98. The molecule has 0 bridgehead atoms. The molecule has 0 unspecified atom stereocenters. The highest BCUT2D eigenvalue weighted by Crippen LogP contribution is 2.32. The molecule has 114 valence electrons. The van der Waals surface area contributed by atoms with Gasteiger partial charge in [0.2, 0.25) is 0 Å². The first-order valence-corrected chi connectivity index (χ1v) is 8.38. The van der Waals surface area contributed by atoms with E-state index in [9.17, 15) is 8.42 Å². The quantitative estimate of drug-likeness (QED) is 0.742. The molecule has 0 atom stereocenters. The van der Waals surface area contributed by atoms with E-state index in [4.69, 9.17) is 4.74 Å². The van der Waals surface area contributed by atoms with Crippen LogP contribution in [0.25, 0.3) is 10.8 Å². The molecule has 3 rings (SSSR count). The van der Waals surface area contributed by atoms with Crippen LogP contribution in [-0.4, -0.2) is 24.0 Å². The van der Waals surface area contributed by atoms with Crippen LogP contribution in [0.5, 0.6) is 5.75 Å². The summed E-state index contributed by atoms with van der Waals surface area (Å²) in [6.45, 7) is 4.17. The molecule has 0 saturated heterocycles. The Morgan fingerprint density at radius 3 is 2.50 bits per heavy atom. The van der Waals surface area contributed by atoms with Crippen LogP contribution in [0.3, 0.4) is 0 Å². The minimum atomic E-state index is -3.68. The molecule has 0 spiro atoms. The molecule has 5 nitrogen and oxygen atoms in total. The second kappa shape index (κ2) is 5.46. The fourth-order valence-corrected chi connectivity index (χ4v) is 3.78. The largest absolute Gasteiger partial charge is 0.493 e. The Labute approximate surface area is 129 Å². The number of benzene rings is 2. The molecule has 0 amide bonds. The standard InChI is InChI=1S/C16H16N2O3S/c1-3-21-15-8-9-16(14-7-5-4-6-13(14)15)22(19,20)18-10-12(2)17-11-18/h4-11H,3H2,1-2H3. The number of hydrogen-bond acceptors (Lipinski definition) is 4. The lowest BCUT2D eigenvalue weighted by Gasteiger charge is -2.12. The molecule has 3 aromatic rings. The summed E-state index contributed by atoms with van der Waals surface area (Å²) < 4.78 is 32.4. The van der Waals surface area contributed by atoms with Gasteiger partial charge in [0, 0.05) is 17.0 Å². The number of imidazole rings is 1. The van der Waals surface area contributed by atoms with Crippen molar-refractivity contribution in [2.24, 2.45) is 0 Å². The molecule has 0 N–H and O–H groups in total. The Morgan fingerprint density at radius 2 is 1.86 bits per heavy atom. The third-order valence-electron chi connectivity index (χ3n) is 3.39. The summed E-state index contributed by atoms with van der Waals surface area (Å²) in [5.41, 5.74) is 0.652. The van der Waals surface area contributed by atoms with Crippen molar-refractivity contribution in [1.82, 2.24) is 8.96 Å². The molecule has 0 aliphatic heterocycles. The molecule has 1 heterocycles. The molecule has 0 saturated carbocycles. The van der Waals surface area contributed by atoms with Crippen molar-refractivity contribution in [3.05, 3.63) is 54.6 Å². The molecule has 6 heteroatoms. The van der Waals surface area contributed by atoms with Gasteiger partial charge in [-0.05, 0) is 26.0 Å².